The molecule has 1 aliphatic heterocycles. The molecular formula is C25H27NO2S. The summed E-state index contributed by atoms with van der Waals surface area (Å²) >= 11 is 0. The van der Waals surface area contributed by atoms with Crippen molar-refractivity contribution in [3.05, 3.63) is 102 Å². The summed E-state index contributed by atoms with van der Waals surface area (Å²) in [6.45, 7) is 3.10. The van der Waals surface area contributed by atoms with E-state index in [1.165, 1.54) is 11.1 Å². The van der Waals surface area contributed by atoms with Gasteiger partial charge in [-0.15, -0.1) is 0 Å². The molecule has 150 valence electrons. The Kier molecular flexibility index (Phi) is 5.84. The van der Waals surface area contributed by atoms with Crippen molar-refractivity contribution >= 4 is 10.0 Å². The minimum Gasteiger partial charge on any atom is -0.207 e. The maximum absolute atomic E-state index is 13.0. The summed E-state index contributed by atoms with van der Waals surface area (Å²) in [6, 6.07) is 28.3. The Hall–Kier alpha value is -2.43. The molecule has 0 aliphatic carbocycles. The van der Waals surface area contributed by atoms with Crippen molar-refractivity contribution in [2.75, 3.05) is 13.1 Å². The first kappa shape index (κ1) is 19.9. The molecule has 0 saturated carbocycles. The number of nitrogens with zero attached hydrogens (tertiary/aromatic N) is 1. The van der Waals surface area contributed by atoms with E-state index >= 15 is 0 Å². The van der Waals surface area contributed by atoms with Crippen LogP contribution in [-0.2, 0) is 10.0 Å². The minimum atomic E-state index is -3.42. The molecule has 1 saturated heterocycles. The van der Waals surface area contributed by atoms with Crippen LogP contribution in [0.4, 0.5) is 0 Å². The van der Waals surface area contributed by atoms with Crippen LogP contribution in [0.2, 0.25) is 0 Å². The first-order valence-corrected chi connectivity index (χ1v) is 11.7. The summed E-state index contributed by atoms with van der Waals surface area (Å²) in [4.78, 5) is 0.393. The van der Waals surface area contributed by atoms with Crippen molar-refractivity contribution < 1.29 is 8.42 Å². The quantitative estimate of drug-likeness (QED) is 0.583. The predicted molar refractivity (Wildman–Crippen MR) is 117 cm³/mol. The smallest absolute Gasteiger partial charge is 0.207 e. The molecule has 1 aliphatic rings. The summed E-state index contributed by atoms with van der Waals surface area (Å²) in [5.74, 6) is 0.714. The Morgan fingerprint density at radius 1 is 0.759 bits per heavy atom. The third kappa shape index (κ3) is 4.29. The van der Waals surface area contributed by atoms with Gasteiger partial charge in [-0.2, -0.15) is 4.31 Å². The van der Waals surface area contributed by atoms with Crippen LogP contribution < -0.4 is 0 Å². The molecule has 0 spiro atoms. The van der Waals surface area contributed by atoms with Gasteiger partial charge in [0.1, 0.15) is 0 Å². The highest BCUT2D eigenvalue weighted by Crippen LogP contribution is 2.38. The Morgan fingerprint density at radius 2 is 1.24 bits per heavy atom. The largest absolute Gasteiger partial charge is 0.243 e. The van der Waals surface area contributed by atoms with Crippen LogP contribution in [0.1, 0.15) is 35.4 Å². The topological polar surface area (TPSA) is 37.4 Å². The molecule has 0 atom stereocenters. The molecule has 3 aromatic carbocycles. The van der Waals surface area contributed by atoms with Crippen LogP contribution in [-0.4, -0.2) is 25.8 Å². The standard InChI is InChI=1S/C25H27NO2S/c1-20-12-14-24(15-13-20)29(27,28)26-18-16-23(17-19-26)25(21-8-4-2-5-9-21)22-10-6-3-7-11-22/h2-15,23,25H,16-19H2,1H3. The zero-order valence-corrected chi connectivity index (χ0v) is 17.6. The van der Waals surface area contributed by atoms with Crippen molar-refractivity contribution in [2.45, 2.75) is 30.6 Å². The fraction of sp³-hybridized carbons (Fsp3) is 0.280. The molecule has 0 N–H and O–H groups in total. The molecule has 4 rings (SSSR count). The van der Waals surface area contributed by atoms with Crippen molar-refractivity contribution in [1.29, 1.82) is 0 Å². The molecular weight excluding hydrogens is 378 g/mol. The molecule has 3 nitrogen and oxygen atoms in total. The van der Waals surface area contributed by atoms with Crippen LogP contribution in [0.3, 0.4) is 0 Å². The number of benzene rings is 3. The average Bonchev–Trinajstić information content (AvgIpc) is 2.76. The van der Waals surface area contributed by atoms with Crippen LogP contribution in [0.15, 0.2) is 89.8 Å². The molecule has 0 bridgehead atoms. The number of aryl methyl sites for hydroxylation is 1. The molecule has 1 heterocycles. The predicted octanol–water partition coefficient (Wildman–Crippen LogP) is 5.23. The van der Waals surface area contributed by atoms with E-state index in [2.05, 4.69) is 48.5 Å². The number of sulfonamides is 1. The van der Waals surface area contributed by atoms with E-state index < -0.39 is 10.0 Å². The van der Waals surface area contributed by atoms with Crippen molar-refractivity contribution in [2.24, 2.45) is 5.92 Å². The van der Waals surface area contributed by atoms with E-state index in [0.717, 1.165) is 18.4 Å². The average molecular weight is 406 g/mol. The maximum Gasteiger partial charge on any atom is 0.243 e. The fourth-order valence-electron chi connectivity index (χ4n) is 4.37. The van der Waals surface area contributed by atoms with E-state index in [9.17, 15) is 8.42 Å². The van der Waals surface area contributed by atoms with Crippen molar-refractivity contribution in [3.8, 4) is 0 Å². The van der Waals surface area contributed by atoms with Gasteiger partial charge in [-0.05, 0) is 48.9 Å². The van der Waals surface area contributed by atoms with E-state index in [-0.39, 0.29) is 0 Å². The van der Waals surface area contributed by atoms with Gasteiger partial charge in [-0.1, -0.05) is 78.4 Å². The third-order valence-corrected chi connectivity index (χ3v) is 7.86. The second-order valence-electron chi connectivity index (χ2n) is 7.85. The second-order valence-corrected chi connectivity index (χ2v) is 9.79. The van der Waals surface area contributed by atoms with E-state index in [0.29, 0.717) is 29.8 Å². The summed E-state index contributed by atoms with van der Waals surface area (Å²) in [5.41, 5.74) is 3.67. The summed E-state index contributed by atoms with van der Waals surface area (Å²) in [7, 11) is -3.42. The number of hydrogen-bond acceptors (Lipinski definition) is 2. The Balaban J connectivity index is 1.55. The zero-order chi connectivity index (χ0) is 20.3. The molecule has 4 heteroatoms. The second kappa shape index (κ2) is 8.52. The molecule has 0 radical (unpaired) electrons. The molecule has 29 heavy (non-hydrogen) atoms. The molecule has 0 aromatic heterocycles. The lowest BCUT2D eigenvalue weighted by Gasteiger charge is -2.36. The summed E-state index contributed by atoms with van der Waals surface area (Å²) < 4.78 is 27.7. The van der Waals surface area contributed by atoms with Gasteiger partial charge in [0.25, 0.3) is 0 Å². The van der Waals surface area contributed by atoms with Gasteiger partial charge in [0.05, 0.1) is 4.90 Å². The van der Waals surface area contributed by atoms with E-state index in [4.69, 9.17) is 0 Å². The number of piperidine rings is 1. The normalized spacial score (nSPS) is 16.2. The maximum atomic E-state index is 13.0. The van der Waals surface area contributed by atoms with Gasteiger partial charge >= 0.3 is 0 Å². The van der Waals surface area contributed by atoms with E-state index in [1.54, 1.807) is 16.4 Å². The first-order valence-electron chi connectivity index (χ1n) is 10.2. The lowest BCUT2D eigenvalue weighted by molar-refractivity contribution is 0.256. The van der Waals surface area contributed by atoms with Gasteiger partial charge < -0.3 is 0 Å². The summed E-state index contributed by atoms with van der Waals surface area (Å²) in [6.07, 6.45) is 1.72. The van der Waals surface area contributed by atoms with Crippen LogP contribution in [0.25, 0.3) is 0 Å². The highest BCUT2D eigenvalue weighted by Gasteiger charge is 2.33. The van der Waals surface area contributed by atoms with Crippen LogP contribution >= 0.6 is 0 Å². The van der Waals surface area contributed by atoms with Gasteiger partial charge in [0.2, 0.25) is 10.0 Å². The van der Waals surface area contributed by atoms with Crippen molar-refractivity contribution in [1.82, 2.24) is 4.31 Å². The minimum absolute atomic E-state index is 0.293. The van der Waals surface area contributed by atoms with E-state index in [1.807, 2.05) is 31.2 Å². The Bertz CT molecular complexity index is 984. The third-order valence-electron chi connectivity index (χ3n) is 5.95. The van der Waals surface area contributed by atoms with Gasteiger partial charge in [0.15, 0.2) is 0 Å². The SMILES string of the molecule is Cc1ccc(S(=O)(=O)N2CCC(C(c3ccccc3)c3ccccc3)CC2)cc1. The number of rotatable bonds is 5. The van der Waals surface area contributed by atoms with Crippen LogP contribution in [0.5, 0.6) is 0 Å². The highest BCUT2D eigenvalue weighted by molar-refractivity contribution is 7.89. The molecule has 3 aromatic rings. The Morgan fingerprint density at radius 3 is 1.72 bits per heavy atom. The monoisotopic (exact) mass is 405 g/mol. The summed E-state index contributed by atoms with van der Waals surface area (Å²) in [5, 5.41) is 0. The van der Waals surface area contributed by atoms with Gasteiger partial charge in [-0.3, -0.25) is 0 Å². The van der Waals surface area contributed by atoms with Crippen LogP contribution in [0, 0.1) is 12.8 Å². The molecule has 0 unspecified atom stereocenters. The van der Waals surface area contributed by atoms with Gasteiger partial charge in [-0.25, -0.2) is 8.42 Å². The Labute approximate surface area is 174 Å². The van der Waals surface area contributed by atoms with Gasteiger partial charge in [0, 0.05) is 19.0 Å². The fourth-order valence-corrected chi connectivity index (χ4v) is 5.84. The van der Waals surface area contributed by atoms with Crippen molar-refractivity contribution in [3.63, 3.8) is 0 Å². The molecule has 0 amide bonds. The lowest BCUT2D eigenvalue weighted by Crippen LogP contribution is -2.39. The molecule has 1 fully saturated rings. The lowest BCUT2D eigenvalue weighted by atomic mass is 9.76. The highest BCUT2D eigenvalue weighted by atomic mass is 32.2. The first-order chi connectivity index (χ1) is 14.1. The number of hydrogen-bond donors (Lipinski definition) is 0. The zero-order valence-electron chi connectivity index (χ0n) is 16.7.